The molecule has 0 fully saturated rings. The van der Waals surface area contributed by atoms with E-state index in [0.717, 1.165) is 16.7 Å². The second-order valence-electron chi connectivity index (χ2n) is 8.44. The third-order valence-electron chi connectivity index (χ3n) is 6.00. The van der Waals surface area contributed by atoms with Crippen LogP contribution in [0, 0.1) is 5.82 Å². The van der Waals surface area contributed by atoms with E-state index < -0.39 is 6.04 Å². The molecule has 0 saturated carbocycles. The van der Waals surface area contributed by atoms with Crippen molar-refractivity contribution in [2.75, 3.05) is 20.8 Å². The fraction of sp³-hybridized carbons (Fsp3) is 0.310. The molecule has 0 aliphatic heterocycles. The molecule has 190 valence electrons. The van der Waals surface area contributed by atoms with Gasteiger partial charge in [0, 0.05) is 25.9 Å². The minimum Gasteiger partial charge on any atom is -0.493 e. The Kier molecular flexibility index (Phi) is 9.86. The Labute approximate surface area is 212 Å². The normalized spacial score (nSPS) is 11.4. The zero-order valence-electron chi connectivity index (χ0n) is 21.0. The van der Waals surface area contributed by atoms with Crippen molar-refractivity contribution in [3.63, 3.8) is 0 Å². The van der Waals surface area contributed by atoms with Crippen molar-refractivity contribution in [3.05, 3.63) is 95.3 Å². The summed E-state index contributed by atoms with van der Waals surface area (Å²) in [6.07, 6.45) is 1.21. The van der Waals surface area contributed by atoms with Crippen molar-refractivity contribution in [1.82, 2.24) is 10.2 Å². The summed E-state index contributed by atoms with van der Waals surface area (Å²) in [5, 5.41) is 3.01. The van der Waals surface area contributed by atoms with Gasteiger partial charge in [-0.2, -0.15) is 0 Å². The van der Waals surface area contributed by atoms with Crippen molar-refractivity contribution < 1.29 is 23.5 Å². The van der Waals surface area contributed by atoms with Gasteiger partial charge in [0.25, 0.3) is 0 Å². The van der Waals surface area contributed by atoms with Crippen molar-refractivity contribution in [2.45, 2.75) is 38.8 Å². The molecule has 0 heterocycles. The molecule has 0 unspecified atom stereocenters. The summed E-state index contributed by atoms with van der Waals surface area (Å²) in [4.78, 5) is 28.0. The topological polar surface area (TPSA) is 67.9 Å². The van der Waals surface area contributed by atoms with Crippen molar-refractivity contribution in [3.8, 4) is 11.5 Å². The first-order chi connectivity index (χ1) is 17.4. The molecular formula is C29H33FN2O4. The second-order valence-corrected chi connectivity index (χ2v) is 8.44. The standard InChI is InChI=1S/C29H33FN2O4/c1-4-28(33)32(20-23-10-13-24(30)14-11-23)25(18-21-8-6-5-7-9-21)29(34)31-17-16-22-12-15-26(35-2)27(19-22)36-3/h5-15,19,25H,4,16-18,20H2,1-3H3,(H,31,34)/t25-/m1/s1. The number of carbonyl (C=O) groups is 2. The van der Waals surface area contributed by atoms with Crippen LogP contribution in [-0.4, -0.2) is 43.5 Å². The molecule has 0 aliphatic carbocycles. The van der Waals surface area contributed by atoms with Crippen LogP contribution in [0.5, 0.6) is 11.5 Å². The molecule has 7 heteroatoms. The zero-order valence-corrected chi connectivity index (χ0v) is 21.0. The largest absolute Gasteiger partial charge is 0.493 e. The third-order valence-corrected chi connectivity index (χ3v) is 6.00. The smallest absolute Gasteiger partial charge is 0.243 e. The molecule has 3 aromatic rings. The van der Waals surface area contributed by atoms with E-state index in [9.17, 15) is 14.0 Å². The van der Waals surface area contributed by atoms with Gasteiger partial charge in [0.15, 0.2) is 11.5 Å². The maximum Gasteiger partial charge on any atom is 0.243 e. The maximum atomic E-state index is 13.5. The van der Waals surface area contributed by atoms with Gasteiger partial charge in [0.1, 0.15) is 11.9 Å². The number of carbonyl (C=O) groups excluding carboxylic acids is 2. The lowest BCUT2D eigenvalue weighted by Crippen LogP contribution is -2.50. The highest BCUT2D eigenvalue weighted by Crippen LogP contribution is 2.27. The Balaban J connectivity index is 1.78. The Morgan fingerprint density at radius 3 is 2.19 bits per heavy atom. The second kappa shape index (κ2) is 13.3. The average Bonchev–Trinajstić information content (AvgIpc) is 2.91. The summed E-state index contributed by atoms with van der Waals surface area (Å²) in [6.45, 7) is 2.38. The van der Waals surface area contributed by atoms with Crippen molar-refractivity contribution in [2.24, 2.45) is 0 Å². The van der Waals surface area contributed by atoms with Gasteiger partial charge in [0.05, 0.1) is 14.2 Å². The van der Waals surface area contributed by atoms with Gasteiger partial charge >= 0.3 is 0 Å². The molecule has 0 aliphatic rings. The highest BCUT2D eigenvalue weighted by molar-refractivity contribution is 5.88. The predicted octanol–water partition coefficient (Wildman–Crippen LogP) is 4.55. The quantitative estimate of drug-likeness (QED) is 0.403. The highest BCUT2D eigenvalue weighted by atomic mass is 19.1. The number of rotatable bonds is 12. The van der Waals surface area contributed by atoms with Crippen LogP contribution in [0.2, 0.25) is 0 Å². The van der Waals surface area contributed by atoms with E-state index in [2.05, 4.69) is 5.32 Å². The number of nitrogens with zero attached hydrogens (tertiary/aromatic N) is 1. The lowest BCUT2D eigenvalue weighted by atomic mass is 10.0. The molecule has 0 bridgehead atoms. The third kappa shape index (κ3) is 7.31. The fourth-order valence-electron chi connectivity index (χ4n) is 4.03. The summed E-state index contributed by atoms with van der Waals surface area (Å²) in [6, 6.07) is 20.5. The molecule has 3 aromatic carbocycles. The molecule has 0 spiro atoms. The van der Waals surface area contributed by atoms with Crippen LogP contribution in [0.4, 0.5) is 4.39 Å². The summed E-state index contributed by atoms with van der Waals surface area (Å²) in [5.74, 6) is 0.546. The van der Waals surface area contributed by atoms with E-state index in [1.807, 2.05) is 48.5 Å². The minimum atomic E-state index is -0.713. The molecule has 1 N–H and O–H groups in total. The molecule has 3 rings (SSSR count). The first-order valence-corrected chi connectivity index (χ1v) is 12.0. The van der Waals surface area contributed by atoms with Crippen LogP contribution in [0.3, 0.4) is 0 Å². The Hall–Kier alpha value is -3.87. The monoisotopic (exact) mass is 492 g/mol. The van der Waals surface area contributed by atoms with Gasteiger partial charge in [-0.1, -0.05) is 55.5 Å². The van der Waals surface area contributed by atoms with Gasteiger partial charge in [-0.25, -0.2) is 4.39 Å². The first kappa shape index (κ1) is 26.7. The summed E-state index contributed by atoms with van der Waals surface area (Å²) >= 11 is 0. The van der Waals surface area contributed by atoms with Crippen LogP contribution in [0.15, 0.2) is 72.8 Å². The van der Waals surface area contributed by atoms with Gasteiger partial charge < -0.3 is 19.7 Å². The number of amides is 2. The molecule has 2 amide bonds. The number of methoxy groups -OCH3 is 2. The van der Waals surface area contributed by atoms with Crippen LogP contribution in [0.1, 0.15) is 30.0 Å². The molecule has 36 heavy (non-hydrogen) atoms. The van der Waals surface area contributed by atoms with Crippen molar-refractivity contribution >= 4 is 11.8 Å². The Morgan fingerprint density at radius 1 is 0.889 bits per heavy atom. The number of benzene rings is 3. The van der Waals surface area contributed by atoms with E-state index in [1.54, 1.807) is 38.2 Å². The minimum absolute atomic E-state index is 0.143. The lowest BCUT2D eigenvalue weighted by Gasteiger charge is -2.31. The van der Waals surface area contributed by atoms with Gasteiger partial charge in [0.2, 0.25) is 11.8 Å². The van der Waals surface area contributed by atoms with Gasteiger partial charge in [-0.3, -0.25) is 9.59 Å². The summed E-state index contributed by atoms with van der Waals surface area (Å²) in [7, 11) is 3.16. The first-order valence-electron chi connectivity index (χ1n) is 12.0. The van der Waals surface area contributed by atoms with Crippen LogP contribution in [-0.2, 0) is 29.0 Å². The van der Waals surface area contributed by atoms with E-state index >= 15 is 0 Å². The Morgan fingerprint density at radius 2 is 1.56 bits per heavy atom. The molecule has 0 saturated heterocycles. The zero-order chi connectivity index (χ0) is 25.9. The molecule has 0 radical (unpaired) electrons. The fourth-order valence-corrected chi connectivity index (χ4v) is 4.03. The molecule has 1 atom stereocenters. The van der Waals surface area contributed by atoms with E-state index in [4.69, 9.17) is 9.47 Å². The summed E-state index contributed by atoms with van der Waals surface area (Å²) in [5.41, 5.74) is 2.69. The van der Waals surface area contributed by atoms with E-state index in [0.29, 0.717) is 30.9 Å². The maximum absolute atomic E-state index is 13.5. The molecular weight excluding hydrogens is 459 g/mol. The average molecular weight is 493 g/mol. The SMILES string of the molecule is CCC(=O)N(Cc1ccc(F)cc1)[C@H](Cc1ccccc1)C(=O)NCCc1ccc(OC)c(OC)c1. The number of nitrogens with one attached hydrogen (secondary N) is 1. The van der Waals surface area contributed by atoms with Crippen molar-refractivity contribution in [1.29, 1.82) is 0 Å². The van der Waals surface area contributed by atoms with E-state index in [1.165, 1.54) is 12.1 Å². The van der Waals surface area contributed by atoms with Crippen LogP contribution in [0.25, 0.3) is 0 Å². The lowest BCUT2D eigenvalue weighted by molar-refractivity contribution is -0.141. The number of hydrogen-bond acceptors (Lipinski definition) is 4. The Bertz CT molecular complexity index is 1140. The van der Waals surface area contributed by atoms with Crippen LogP contribution >= 0.6 is 0 Å². The summed E-state index contributed by atoms with van der Waals surface area (Å²) < 4.78 is 24.1. The number of halogens is 1. The van der Waals surface area contributed by atoms with Crippen LogP contribution < -0.4 is 14.8 Å². The van der Waals surface area contributed by atoms with Gasteiger partial charge in [-0.05, 0) is 47.4 Å². The molecule has 0 aromatic heterocycles. The number of ether oxygens (including phenoxy) is 2. The highest BCUT2D eigenvalue weighted by Gasteiger charge is 2.29. The predicted molar refractivity (Wildman–Crippen MR) is 137 cm³/mol. The van der Waals surface area contributed by atoms with E-state index in [-0.39, 0.29) is 30.6 Å². The van der Waals surface area contributed by atoms with Gasteiger partial charge in [-0.15, -0.1) is 0 Å². The number of hydrogen-bond donors (Lipinski definition) is 1. The molecule has 6 nitrogen and oxygen atoms in total.